The summed E-state index contributed by atoms with van der Waals surface area (Å²) < 4.78 is 1.48. The molecule has 2 aromatic carbocycles. The molecule has 2 aromatic rings. The van der Waals surface area contributed by atoms with Crippen molar-refractivity contribution in [3.63, 3.8) is 0 Å². The van der Waals surface area contributed by atoms with E-state index in [1.807, 2.05) is 0 Å². The third kappa shape index (κ3) is 2.88. The Kier molecular flexibility index (Phi) is 4.49. The van der Waals surface area contributed by atoms with Crippen molar-refractivity contribution >= 4 is 47.8 Å². The third-order valence-corrected chi connectivity index (χ3v) is 4.93. The fourth-order valence-corrected chi connectivity index (χ4v) is 3.39. The molecule has 0 saturated heterocycles. The number of hydrogen-bond donors (Lipinski definition) is 3. The van der Waals surface area contributed by atoms with Crippen LogP contribution in [-0.2, 0) is 5.60 Å². The molecule has 1 atom stereocenters. The second-order valence-electron chi connectivity index (χ2n) is 4.53. The molecule has 0 aliphatic carbocycles. The summed E-state index contributed by atoms with van der Waals surface area (Å²) in [4.78, 5) is 0. The number of aromatic hydroxyl groups is 2. The maximum atomic E-state index is 10.8. The van der Waals surface area contributed by atoms with Gasteiger partial charge in [0.05, 0.1) is 13.4 Å². The summed E-state index contributed by atoms with van der Waals surface area (Å²) in [5.41, 5.74) is -0.0482. The molecule has 0 fully saturated rings. The van der Waals surface area contributed by atoms with E-state index in [0.29, 0.717) is 24.5 Å². The van der Waals surface area contributed by atoms with Gasteiger partial charge in [-0.3, -0.25) is 0 Å². The van der Waals surface area contributed by atoms with Gasteiger partial charge in [0.15, 0.2) is 0 Å². The Morgan fingerprint density at radius 2 is 1.35 bits per heavy atom. The minimum absolute atomic E-state index is 0.0800. The van der Waals surface area contributed by atoms with Crippen LogP contribution in [0.1, 0.15) is 18.1 Å². The lowest BCUT2D eigenvalue weighted by atomic mass is 9.88. The first-order valence-corrected chi connectivity index (χ1v) is 8.01. The van der Waals surface area contributed by atoms with E-state index in [2.05, 4.69) is 47.8 Å². The number of phenolic OH excluding ortho intramolecular Hbond substituents is 2. The SMILES string of the molecule is CC(O)(c1ccc(O)c(Br)c1)c1cc(Br)c(O)c(Br)c1. The largest absolute Gasteiger partial charge is 0.507 e. The molecule has 0 aliphatic rings. The fourth-order valence-electron chi connectivity index (χ4n) is 1.82. The molecule has 0 radical (unpaired) electrons. The summed E-state index contributed by atoms with van der Waals surface area (Å²) in [6.07, 6.45) is 0. The van der Waals surface area contributed by atoms with Crippen molar-refractivity contribution in [2.24, 2.45) is 0 Å². The van der Waals surface area contributed by atoms with Crippen molar-refractivity contribution in [1.82, 2.24) is 0 Å². The third-order valence-electron chi connectivity index (χ3n) is 3.09. The van der Waals surface area contributed by atoms with Gasteiger partial charge in [0.2, 0.25) is 0 Å². The van der Waals surface area contributed by atoms with Crippen LogP contribution in [0.5, 0.6) is 11.5 Å². The first-order chi connectivity index (χ1) is 9.23. The number of aliphatic hydroxyl groups is 1. The monoisotopic (exact) mass is 464 g/mol. The lowest BCUT2D eigenvalue weighted by Gasteiger charge is -2.25. The zero-order valence-corrected chi connectivity index (χ0v) is 15.1. The molecular formula is C14H11Br3O3. The van der Waals surface area contributed by atoms with Crippen LogP contribution in [0.25, 0.3) is 0 Å². The minimum Gasteiger partial charge on any atom is -0.507 e. The maximum Gasteiger partial charge on any atom is 0.143 e. The van der Waals surface area contributed by atoms with Crippen LogP contribution in [0, 0.1) is 0 Å². The molecule has 2 rings (SSSR count). The lowest BCUT2D eigenvalue weighted by molar-refractivity contribution is 0.102. The van der Waals surface area contributed by atoms with E-state index in [1.54, 1.807) is 31.2 Å². The second kappa shape index (κ2) is 5.67. The summed E-state index contributed by atoms with van der Waals surface area (Å²) in [6, 6.07) is 8.12. The normalized spacial score (nSPS) is 14.1. The molecule has 0 amide bonds. The topological polar surface area (TPSA) is 60.7 Å². The van der Waals surface area contributed by atoms with E-state index < -0.39 is 5.60 Å². The zero-order valence-electron chi connectivity index (χ0n) is 10.4. The van der Waals surface area contributed by atoms with Crippen LogP contribution in [0.2, 0.25) is 0 Å². The van der Waals surface area contributed by atoms with Crippen LogP contribution in [0.3, 0.4) is 0 Å². The highest BCUT2D eigenvalue weighted by molar-refractivity contribution is 9.11. The first-order valence-electron chi connectivity index (χ1n) is 5.63. The minimum atomic E-state index is -1.27. The molecule has 1 unspecified atom stereocenters. The molecule has 0 aliphatic heterocycles. The molecule has 0 saturated carbocycles. The van der Waals surface area contributed by atoms with Gasteiger partial charge in [-0.2, -0.15) is 0 Å². The molecule has 0 spiro atoms. The standard InChI is InChI=1S/C14H11Br3O3/c1-14(20,7-2-3-12(18)9(15)4-7)8-5-10(16)13(19)11(17)6-8/h2-6,18-20H,1H3. The van der Waals surface area contributed by atoms with Crippen LogP contribution >= 0.6 is 47.8 Å². The fraction of sp³-hybridized carbons (Fsp3) is 0.143. The molecule has 106 valence electrons. The highest BCUT2D eigenvalue weighted by Gasteiger charge is 2.28. The van der Waals surface area contributed by atoms with Gasteiger partial charge in [-0.1, -0.05) is 6.07 Å². The average molecular weight is 467 g/mol. The van der Waals surface area contributed by atoms with Gasteiger partial charge < -0.3 is 15.3 Å². The molecule has 0 bridgehead atoms. The Morgan fingerprint density at radius 3 is 1.85 bits per heavy atom. The van der Waals surface area contributed by atoms with E-state index in [4.69, 9.17) is 0 Å². The number of rotatable bonds is 2. The van der Waals surface area contributed by atoms with Crippen molar-refractivity contribution in [2.75, 3.05) is 0 Å². The lowest BCUT2D eigenvalue weighted by Crippen LogP contribution is -2.22. The molecule has 0 heterocycles. The van der Waals surface area contributed by atoms with Gasteiger partial charge in [-0.05, 0) is 90.1 Å². The Balaban J connectivity index is 2.56. The second-order valence-corrected chi connectivity index (χ2v) is 7.09. The van der Waals surface area contributed by atoms with Crippen molar-refractivity contribution in [3.8, 4) is 11.5 Å². The Bertz CT molecular complexity index is 646. The zero-order chi connectivity index (χ0) is 15.1. The van der Waals surface area contributed by atoms with E-state index in [-0.39, 0.29) is 11.5 Å². The predicted octanol–water partition coefficient (Wildman–Crippen LogP) is 4.64. The van der Waals surface area contributed by atoms with Crippen molar-refractivity contribution in [2.45, 2.75) is 12.5 Å². The van der Waals surface area contributed by atoms with Crippen LogP contribution in [0.15, 0.2) is 43.7 Å². The summed E-state index contributed by atoms with van der Waals surface area (Å²) in [6.45, 7) is 1.65. The van der Waals surface area contributed by atoms with E-state index in [0.717, 1.165) is 0 Å². The van der Waals surface area contributed by atoms with Gasteiger partial charge in [-0.15, -0.1) is 0 Å². The smallest absolute Gasteiger partial charge is 0.143 e. The van der Waals surface area contributed by atoms with Gasteiger partial charge >= 0.3 is 0 Å². The highest BCUT2D eigenvalue weighted by Crippen LogP contribution is 2.40. The summed E-state index contributed by atoms with van der Waals surface area (Å²) in [5, 5.41) is 30.0. The predicted molar refractivity (Wildman–Crippen MR) is 88.0 cm³/mol. The van der Waals surface area contributed by atoms with E-state index in [1.165, 1.54) is 6.07 Å². The molecule has 20 heavy (non-hydrogen) atoms. The van der Waals surface area contributed by atoms with Crippen molar-refractivity contribution in [3.05, 3.63) is 54.9 Å². The number of hydrogen-bond acceptors (Lipinski definition) is 3. The summed E-state index contributed by atoms with van der Waals surface area (Å²) in [5.74, 6) is 0.189. The first kappa shape index (κ1) is 15.8. The van der Waals surface area contributed by atoms with E-state index in [9.17, 15) is 15.3 Å². The quantitative estimate of drug-likeness (QED) is 0.604. The van der Waals surface area contributed by atoms with Gasteiger partial charge in [-0.25, -0.2) is 0 Å². The van der Waals surface area contributed by atoms with Gasteiger partial charge in [0.1, 0.15) is 17.1 Å². The molecule has 3 N–H and O–H groups in total. The Labute approximate surface area is 141 Å². The number of halogens is 3. The number of phenols is 2. The summed E-state index contributed by atoms with van der Waals surface area (Å²) in [7, 11) is 0. The van der Waals surface area contributed by atoms with Crippen LogP contribution in [-0.4, -0.2) is 15.3 Å². The highest BCUT2D eigenvalue weighted by atomic mass is 79.9. The van der Waals surface area contributed by atoms with E-state index >= 15 is 0 Å². The van der Waals surface area contributed by atoms with Crippen molar-refractivity contribution in [1.29, 1.82) is 0 Å². The molecular weight excluding hydrogens is 456 g/mol. The van der Waals surface area contributed by atoms with Gasteiger partial charge in [0, 0.05) is 0 Å². The summed E-state index contributed by atoms with van der Waals surface area (Å²) >= 11 is 9.73. The van der Waals surface area contributed by atoms with Crippen LogP contribution in [0.4, 0.5) is 0 Å². The average Bonchev–Trinajstić information content (AvgIpc) is 2.38. The van der Waals surface area contributed by atoms with Gasteiger partial charge in [0.25, 0.3) is 0 Å². The van der Waals surface area contributed by atoms with Crippen LogP contribution < -0.4 is 0 Å². The molecule has 0 aromatic heterocycles. The number of benzene rings is 2. The van der Waals surface area contributed by atoms with Crippen molar-refractivity contribution < 1.29 is 15.3 Å². The Morgan fingerprint density at radius 1 is 0.850 bits per heavy atom. The molecule has 3 nitrogen and oxygen atoms in total. The maximum absolute atomic E-state index is 10.8. The Hall–Kier alpha value is -0.560. The molecule has 6 heteroatoms.